The van der Waals surface area contributed by atoms with E-state index in [0.717, 1.165) is 32.2 Å². The lowest BCUT2D eigenvalue weighted by Gasteiger charge is -2.22. The average Bonchev–Trinajstić information content (AvgIpc) is 2.40. The standard InChI is InChI=1S/C8H13NO2/c10-7(11)8-3-1-2-6(8)9-5-4-8/h6,9H,1-5H2,(H,10,11)/t6-,8-/m1/s1. The number of hydrogen-bond donors (Lipinski definition) is 2. The molecule has 0 spiro atoms. The predicted molar refractivity (Wildman–Crippen MR) is 40.3 cm³/mol. The second-order valence-electron chi connectivity index (χ2n) is 3.61. The smallest absolute Gasteiger partial charge is 0.311 e. The first-order chi connectivity index (χ1) is 5.26. The Bertz CT molecular complexity index is 181. The Labute approximate surface area is 65.8 Å². The summed E-state index contributed by atoms with van der Waals surface area (Å²) in [6.07, 6.45) is 3.82. The Morgan fingerprint density at radius 3 is 3.00 bits per heavy atom. The summed E-state index contributed by atoms with van der Waals surface area (Å²) in [5.41, 5.74) is -0.389. The summed E-state index contributed by atoms with van der Waals surface area (Å²) >= 11 is 0. The van der Waals surface area contributed by atoms with Gasteiger partial charge in [-0.05, 0) is 25.8 Å². The largest absolute Gasteiger partial charge is 0.481 e. The van der Waals surface area contributed by atoms with Gasteiger partial charge in [0, 0.05) is 6.04 Å². The Kier molecular flexibility index (Phi) is 1.42. The predicted octanol–water partition coefficient (Wildman–Crippen LogP) is 0.603. The fraction of sp³-hybridized carbons (Fsp3) is 0.875. The van der Waals surface area contributed by atoms with Crippen LogP contribution in [0.1, 0.15) is 25.7 Å². The summed E-state index contributed by atoms with van der Waals surface area (Å²) in [5, 5.41) is 12.3. The molecule has 1 aliphatic heterocycles. The van der Waals surface area contributed by atoms with Crippen molar-refractivity contribution in [3.8, 4) is 0 Å². The van der Waals surface area contributed by atoms with Gasteiger partial charge in [-0.25, -0.2) is 0 Å². The summed E-state index contributed by atoms with van der Waals surface area (Å²) in [6.45, 7) is 0.886. The van der Waals surface area contributed by atoms with Crippen LogP contribution < -0.4 is 5.32 Å². The molecule has 0 unspecified atom stereocenters. The number of carbonyl (C=O) groups is 1. The van der Waals surface area contributed by atoms with E-state index < -0.39 is 5.97 Å². The molecule has 1 saturated heterocycles. The highest BCUT2D eigenvalue weighted by Gasteiger charge is 2.51. The molecule has 2 N–H and O–H groups in total. The first-order valence-corrected chi connectivity index (χ1v) is 4.22. The first kappa shape index (κ1) is 7.10. The number of carboxylic acids is 1. The van der Waals surface area contributed by atoms with Crippen LogP contribution in [-0.2, 0) is 4.79 Å². The molecule has 0 bridgehead atoms. The van der Waals surface area contributed by atoms with E-state index in [-0.39, 0.29) is 11.5 Å². The molecule has 0 aromatic heterocycles. The van der Waals surface area contributed by atoms with Crippen molar-refractivity contribution in [3.63, 3.8) is 0 Å². The maximum absolute atomic E-state index is 11.0. The van der Waals surface area contributed by atoms with Crippen LogP contribution in [0.3, 0.4) is 0 Å². The number of fused-ring (bicyclic) bond motifs is 1. The Hall–Kier alpha value is -0.570. The van der Waals surface area contributed by atoms with E-state index in [0.29, 0.717) is 0 Å². The lowest BCUT2D eigenvalue weighted by molar-refractivity contribution is -0.148. The molecular weight excluding hydrogens is 142 g/mol. The average molecular weight is 155 g/mol. The zero-order valence-electron chi connectivity index (χ0n) is 6.47. The summed E-state index contributed by atoms with van der Waals surface area (Å²) in [7, 11) is 0. The molecule has 2 fully saturated rings. The van der Waals surface area contributed by atoms with Crippen molar-refractivity contribution in [1.29, 1.82) is 0 Å². The van der Waals surface area contributed by atoms with E-state index in [1.807, 2.05) is 0 Å². The van der Waals surface area contributed by atoms with Gasteiger partial charge in [0.05, 0.1) is 5.41 Å². The normalized spacial score (nSPS) is 42.4. The fourth-order valence-corrected chi connectivity index (χ4v) is 2.50. The first-order valence-electron chi connectivity index (χ1n) is 4.22. The van der Waals surface area contributed by atoms with E-state index >= 15 is 0 Å². The van der Waals surface area contributed by atoms with Crippen molar-refractivity contribution < 1.29 is 9.90 Å². The minimum atomic E-state index is -0.593. The van der Waals surface area contributed by atoms with Crippen molar-refractivity contribution in [2.45, 2.75) is 31.7 Å². The lowest BCUT2D eigenvalue weighted by atomic mass is 9.83. The monoisotopic (exact) mass is 155 g/mol. The van der Waals surface area contributed by atoms with Gasteiger partial charge in [0.1, 0.15) is 0 Å². The van der Waals surface area contributed by atoms with Gasteiger partial charge in [0.2, 0.25) is 0 Å². The van der Waals surface area contributed by atoms with Gasteiger partial charge in [0.15, 0.2) is 0 Å². The molecule has 0 aromatic rings. The van der Waals surface area contributed by atoms with Crippen LogP contribution in [0.15, 0.2) is 0 Å². The van der Waals surface area contributed by atoms with Gasteiger partial charge in [-0.3, -0.25) is 4.79 Å². The van der Waals surface area contributed by atoms with Gasteiger partial charge in [-0.15, -0.1) is 0 Å². The van der Waals surface area contributed by atoms with Crippen molar-refractivity contribution in [2.75, 3.05) is 6.54 Å². The molecule has 2 aliphatic rings. The van der Waals surface area contributed by atoms with Crippen LogP contribution in [0.4, 0.5) is 0 Å². The second kappa shape index (κ2) is 2.21. The number of hydrogen-bond acceptors (Lipinski definition) is 2. The maximum Gasteiger partial charge on any atom is 0.311 e. The SMILES string of the molecule is O=C(O)[C@@]12CCC[C@H]1NCC2. The summed E-state index contributed by atoms with van der Waals surface area (Å²) < 4.78 is 0. The van der Waals surface area contributed by atoms with Gasteiger partial charge < -0.3 is 10.4 Å². The van der Waals surface area contributed by atoms with Gasteiger partial charge >= 0.3 is 5.97 Å². The highest BCUT2D eigenvalue weighted by Crippen LogP contribution is 2.44. The summed E-state index contributed by atoms with van der Waals surface area (Å²) in [5.74, 6) is -0.593. The third-order valence-electron chi connectivity index (χ3n) is 3.17. The van der Waals surface area contributed by atoms with Crippen LogP contribution in [0.5, 0.6) is 0 Å². The molecule has 0 amide bonds. The van der Waals surface area contributed by atoms with Gasteiger partial charge in [-0.2, -0.15) is 0 Å². The molecule has 1 saturated carbocycles. The van der Waals surface area contributed by atoms with Gasteiger partial charge in [0.25, 0.3) is 0 Å². The Morgan fingerprint density at radius 1 is 1.55 bits per heavy atom. The maximum atomic E-state index is 11.0. The van der Waals surface area contributed by atoms with Gasteiger partial charge in [-0.1, -0.05) is 6.42 Å². The zero-order chi connectivity index (χ0) is 7.90. The van der Waals surface area contributed by atoms with Crippen LogP contribution in [0, 0.1) is 5.41 Å². The molecule has 0 radical (unpaired) electrons. The highest BCUT2D eigenvalue weighted by molar-refractivity contribution is 5.76. The zero-order valence-corrected chi connectivity index (χ0v) is 6.47. The molecular formula is C8H13NO2. The van der Waals surface area contributed by atoms with Crippen LogP contribution in [0.2, 0.25) is 0 Å². The topological polar surface area (TPSA) is 49.3 Å². The lowest BCUT2D eigenvalue weighted by Crippen LogP contribution is -2.38. The van der Waals surface area contributed by atoms with Crippen LogP contribution in [-0.4, -0.2) is 23.7 Å². The minimum absolute atomic E-state index is 0.264. The summed E-state index contributed by atoms with van der Waals surface area (Å²) in [4.78, 5) is 11.0. The summed E-state index contributed by atoms with van der Waals surface area (Å²) in [6, 6.07) is 0.264. The van der Waals surface area contributed by atoms with Crippen LogP contribution in [0.25, 0.3) is 0 Å². The molecule has 1 aliphatic carbocycles. The van der Waals surface area contributed by atoms with Crippen molar-refractivity contribution in [3.05, 3.63) is 0 Å². The molecule has 1 heterocycles. The molecule has 3 heteroatoms. The molecule has 3 nitrogen and oxygen atoms in total. The molecule has 11 heavy (non-hydrogen) atoms. The van der Waals surface area contributed by atoms with E-state index in [1.165, 1.54) is 0 Å². The molecule has 62 valence electrons. The van der Waals surface area contributed by atoms with Crippen molar-refractivity contribution >= 4 is 5.97 Å². The van der Waals surface area contributed by atoms with E-state index in [2.05, 4.69) is 5.32 Å². The Morgan fingerprint density at radius 2 is 2.36 bits per heavy atom. The Balaban J connectivity index is 2.26. The quantitative estimate of drug-likeness (QED) is 0.583. The number of aliphatic carboxylic acids is 1. The number of carboxylic acid groups (broad SMARTS) is 1. The molecule has 2 rings (SSSR count). The van der Waals surface area contributed by atoms with Crippen molar-refractivity contribution in [1.82, 2.24) is 5.32 Å². The van der Waals surface area contributed by atoms with E-state index in [9.17, 15) is 4.79 Å². The van der Waals surface area contributed by atoms with Crippen molar-refractivity contribution in [2.24, 2.45) is 5.41 Å². The third-order valence-corrected chi connectivity index (χ3v) is 3.17. The van der Waals surface area contributed by atoms with Crippen LogP contribution >= 0.6 is 0 Å². The van der Waals surface area contributed by atoms with E-state index in [4.69, 9.17) is 5.11 Å². The molecule has 2 atom stereocenters. The minimum Gasteiger partial charge on any atom is -0.481 e. The van der Waals surface area contributed by atoms with E-state index in [1.54, 1.807) is 0 Å². The highest BCUT2D eigenvalue weighted by atomic mass is 16.4. The third kappa shape index (κ3) is 0.805. The fourth-order valence-electron chi connectivity index (χ4n) is 2.50. The molecule has 0 aromatic carbocycles. The number of rotatable bonds is 1. The second-order valence-corrected chi connectivity index (χ2v) is 3.61. The number of nitrogens with one attached hydrogen (secondary N) is 1.